The molecule has 1 amide bonds. The smallest absolute Gasteiger partial charge is 0.290 e. The molecule has 0 saturated carbocycles. The maximum Gasteiger partial charge on any atom is 0.290 e. The number of rotatable bonds is 6. The number of hydrogen-bond acceptors (Lipinski definition) is 6. The van der Waals surface area contributed by atoms with Crippen LogP contribution >= 0.6 is 0 Å². The lowest BCUT2D eigenvalue weighted by atomic mass is 10.1. The van der Waals surface area contributed by atoms with Gasteiger partial charge in [0.25, 0.3) is 12.9 Å². The minimum atomic E-state index is -0.250. The summed E-state index contributed by atoms with van der Waals surface area (Å²) in [5.74, 6) is 2.08. The summed E-state index contributed by atoms with van der Waals surface area (Å²) in [7, 11) is 3.68. The van der Waals surface area contributed by atoms with Crippen molar-refractivity contribution >= 4 is 18.9 Å². The monoisotopic (exact) mass is 448 g/mol. The molecule has 176 valence electrons. The molecule has 2 N–H and O–H groups in total. The summed E-state index contributed by atoms with van der Waals surface area (Å²) in [6.07, 6.45) is 6.18. The van der Waals surface area contributed by atoms with Crippen LogP contribution < -0.4 is 4.74 Å². The van der Waals surface area contributed by atoms with E-state index >= 15 is 0 Å². The average molecular weight is 449 g/mol. The molecule has 10 nitrogen and oxygen atoms in total. The second-order valence-corrected chi connectivity index (χ2v) is 6.98. The number of imidazole rings is 1. The molecule has 0 unspecified atom stereocenters. The predicted octanol–water partition coefficient (Wildman–Crippen LogP) is 1.15. The number of benzene rings is 1. The molecule has 0 bridgehead atoms. The molecule has 2 heterocycles. The van der Waals surface area contributed by atoms with Gasteiger partial charge in [-0.3, -0.25) is 14.4 Å². The number of amides is 1. The lowest BCUT2D eigenvalue weighted by Gasteiger charge is -2.22. The lowest BCUT2D eigenvalue weighted by molar-refractivity contribution is -0.130. The van der Waals surface area contributed by atoms with E-state index in [9.17, 15) is 4.79 Å². The number of carbonyl (C=O) groups excluding carboxylic acids is 1. The van der Waals surface area contributed by atoms with Crippen LogP contribution in [0.15, 0.2) is 36.7 Å². The highest BCUT2D eigenvalue weighted by Gasteiger charge is 2.20. The van der Waals surface area contributed by atoms with Gasteiger partial charge in [0.15, 0.2) is 0 Å². The molecule has 1 saturated heterocycles. The summed E-state index contributed by atoms with van der Waals surface area (Å²) in [6.45, 7) is 4.05. The van der Waals surface area contributed by atoms with Gasteiger partial charge >= 0.3 is 0 Å². The number of nitrogens with zero attached hydrogens (tertiary/aromatic N) is 4. The van der Waals surface area contributed by atoms with Crippen molar-refractivity contribution < 1.29 is 29.3 Å². The number of methoxy groups -OCH3 is 1. The van der Waals surface area contributed by atoms with Crippen molar-refractivity contribution in [3.8, 4) is 5.75 Å². The molecule has 0 atom stereocenters. The van der Waals surface area contributed by atoms with Crippen LogP contribution in [0.4, 0.5) is 0 Å². The Labute approximate surface area is 188 Å². The van der Waals surface area contributed by atoms with Gasteiger partial charge in [-0.05, 0) is 19.0 Å². The zero-order valence-electron chi connectivity index (χ0n) is 18.6. The Morgan fingerprint density at radius 3 is 2.44 bits per heavy atom. The van der Waals surface area contributed by atoms with E-state index in [2.05, 4.69) is 14.5 Å². The molecule has 2 aromatic rings. The number of ether oxygens (including phenoxy) is 1. The van der Waals surface area contributed by atoms with Gasteiger partial charge in [0, 0.05) is 57.6 Å². The van der Waals surface area contributed by atoms with Gasteiger partial charge in [-0.1, -0.05) is 18.2 Å². The highest BCUT2D eigenvalue weighted by molar-refractivity contribution is 5.79. The molecular formula is C22H32N4O6. The van der Waals surface area contributed by atoms with Gasteiger partial charge in [-0.25, -0.2) is 4.98 Å². The minimum absolute atomic E-state index is 0.181. The van der Waals surface area contributed by atoms with Crippen molar-refractivity contribution in [2.45, 2.75) is 19.3 Å². The number of carboxylic acid groups (broad SMARTS) is 2. The Morgan fingerprint density at radius 1 is 1.12 bits per heavy atom. The van der Waals surface area contributed by atoms with Crippen LogP contribution in [0.5, 0.6) is 5.75 Å². The van der Waals surface area contributed by atoms with Crippen LogP contribution in [0.1, 0.15) is 17.8 Å². The molecule has 1 fully saturated rings. The normalized spacial score (nSPS) is 13.5. The van der Waals surface area contributed by atoms with Crippen molar-refractivity contribution in [2.24, 2.45) is 7.05 Å². The third kappa shape index (κ3) is 9.17. The average Bonchev–Trinajstić information content (AvgIpc) is 3.04. The van der Waals surface area contributed by atoms with E-state index in [-0.39, 0.29) is 18.9 Å². The topological polar surface area (TPSA) is 125 Å². The van der Waals surface area contributed by atoms with Crippen molar-refractivity contribution in [3.05, 3.63) is 48.0 Å². The van der Waals surface area contributed by atoms with Gasteiger partial charge in [0.1, 0.15) is 11.6 Å². The zero-order chi connectivity index (χ0) is 23.8. The van der Waals surface area contributed by atoms with Crippen LogP contribution in [-0.2, 0) is 34.3 Å². The van der Waals surface area contributed by atoms with Crippen molar-refractivity contribution in [2.75, 3.05) is 39.8 Å². The Hall–Kier alpha value is -3.40. The fourth-order valence-corrected chi connectivity index (χ4v) is 3.46. The van der Waals surface area contributed by atoms with Crippen LogP contribution in [0.2, 0.25) is 0 Å². The summed E-state index contributed by atoms with van der Waals surface area (Å²) in [4.78, 5) is 38.3. The van der Waals surface area contributed by atoms with E-state index in [0.717, 1.165) is 62.7 Å². The zero-order valence-corrected chi connectivity index (χ0v) is 18.6. The van der Waals surface area contributed by atoms with E-state index in [1.807, 2.05) is 48.6 Å². The third-order valence-electron chi connectivity index (χ3n) is 5.05. The number of hydrogen-bond donors (Lipinski definition) is 2. The first-order chi connectivity index (χ1) is 15.5. The molecule has 32 heavy (non-hydrogen) atoms. The summed E-state index contributed by atoms with van der Waals surface area (Å²) < 4.78 is 7.44. The van der Waals surface area contributed by atoms with Crippen LogP contribution in [0.3, 0.4) is 0 Å². The molecule has 0 spiro atoms. The number of aryl methyl sites for hydroxylation is 1. The Balaban J connectivity index is 0.000000769. The summed E-state index contributed by atoms with van der Waals surface area (Å²) in [6, 6.07) is 7.75. The number of aromatic nitrogens is 2. The lowest BCUT2D eigenvalue weighted by Crippen LogP contribution is -2.36. The Morgan fingerprint density at radius 2 is 1.81 bits per heavy atom. The number of carbonyl (C=O) groups is 3. The second kappa shape index (κ2) is 15.4. The van der Waals surface area contributed by atoms with E-state index in [0.29, 0.717) is 6.42 Å². The van der Waals surface area contributed by atoms with Gasteiger partial charge in [0.05, 0.1) is 13.5 Å². The molecule has 1 aromatic heterocycles. The highest BCUT2D eigenvalue weighted by atomic mass is 16.5. The van der Waals surface area contributed by atoms with Gasteiger partial charge in [-0.15, -0.1) is 0 Å². The van der Waals surface area contributed by atoms with Crippen LogP contribution in [0, 0.1) is 0 Å². The summed E-state index contributed by atoms with van der Waals surface area (Å²) in [5, 5.41) is 13.8. The maximum absolute atomic E-state index is 12.7. The van der Waals surface area contributed by atoms with Gasteiger partial charge < -0.3 is 29.3 Å². The van der Waals surface area contributed by atoms with Crippen molar-refractivity contribution in [1.82, 2.24) is 19.4 Å². The number of para-hydroxylation sites is 1. The van der Waals surface area contributed by atoms with Crippen molar-refractivity contribution in [1.29, 1.82) is 0 Å². The Bertz CT molecular complexity index is 820. The molecular weight excluding hydrogens is 416 g/mol. The fraction of sp³-hybridized carbons (Fsp3) is 0.455. The third-order valence-corrected chi connectivity index (χ3v) is 5.05. The van der Waals surface area contributed by atoms with Crippen molar-refractivity contribution in [3.63, 3.8) is 0 Å². The predicted molar refractivity (Wildman–Crippen MR) is 119 cm³/mol. The van der Waals surface area contributed by atoms with E-state index in [4.69, 9.17) is 24.5 Å². The SMILES string of the molecule is COc1ccccc1CC(=O)N1CCCN(CCc2nccn2C)CC1.O=CO.O=CO. The second-order valence-electron chi connectivity index (χ2n) is 6.98. The summed E-state index contributed by atoms with van der Waals surface area (Å²) >= 11 is 0. The summed E-state index contributed by atoms with van der Waals surface area (Å²) in [5.41, 5.74) is 0.955. The molecule has 3 rings (SSSR count). The molecule has 0 radical (unpaired) electrons. The molecule has 1 aromatic carbocycles. The minimum Gasteiger partial charge on any atom is -0.496 e. The first-order valence-electron chi connectivity index (χ1n) is 10.2. The largest absolute Gasteiger partial charge is 0.496 e. The van der Waals surface area contributed by atoms with E-state index in [1.165, 1.54) is 0 Å². The Kier molecular flexibility index (Phi) is 12.8. The van der Waals surface area contributed by atoms with Crippen LogP contribution in [-0.4, -0.2) is 88.2 Å². The first kappa shape index (κ1) is 26.6. The standard InChI is InChI=1S/C20H28N4O2.2CH2O2/c1-22-13-9-21-19(22)8-12-23-10-5-11-24(15-14-23)20(25)16-17-6-3-4-7-18(17)26-2;2*2-1-3/h3-4,6-7,9,13H,5,8,10-12,14-16H2,1-2H3;2*1H,(H,2,3). The maximum atomic E-state index is 12.7. The first-order valence-corrected chi connectivity index (χ1v) is 10.2. The van der Waals surface area contributed by atoms with Gasteiger partial charge in [-0.2, -0.15) is 0 Å². The van der Waals surface area contributed by atoms with Crippen LogP contribution in [0.25, 0.3) is 0 Å². The molecule has 1 aliphatic rings. The molecule has 1 aliphatic heterocycles. The fourth-order valence-electron chi connectivity index (χ4n) is 3.46. The quantitative estimate of drug-likeness (QED) is 0.631. The molecule has 0 aliphatic carbocycles. The molecule has 10 heteroatoms. The highest BCUT2D eigenvalue weighted by Crippen LogP contribution is 2.19. The van der Waals surface area contributed by atoms with E-state index in [1.54, 1.807) is 7.11 Å². The van der Waals surface area contributed by atoms with Gasteiger partial charge in [0.2, 0.25) is 5.91 Å². The van der Waals surface area contributed by atoms with E-state index < -0.39 is 0 Å².